The summed E-state index contributed by atoms with van der Waals surface area (Å²) in [6, 6.07) is 11.6. The first-order valence-corrected chi connectivity index (χ1v) is 10.1. The maximum absolute atomic E-state index is 12.3. The van der Waals surface area contributed by atoms with Crippen molar-refractivity contribution in [1.29, 1.82) is 0 Å². The van der Waals surface area contributed by atoms with Crippen LogP contribution in [0.3, 0.4) is 0 Å². The van der Waals surface area contributed by atoms with Gasteiger partial charge in [-0.25, -0.2) is 0 Å². The fourth-order valence-corrected chi connectivity index (χ4v) is 3.65. The van der Waals surface area contributed by atoms with Crippen LogP contribution in [0.5, 0.6) is 11.5 Å². The van der Waals surface area contributed by atoms with Crippen LogP contribution in [-0.2, 0) is 17.8 Å². The predicted octanol–water partition coefficient (Wildman–Crippen LogP) is 4.03. The molecule has 0 aromatic heterocycles. The van der Waals surface area contributed by atoms with Crippen LogP contribution in [-0.4, -0.2) is 25.2 Å². The molecule has 0 saturated carbocycles. The molecule has 2 N–H and O–H groups in total. The molecule has 0 saturated heterocycles. The lowest BCUT2D eigenvalue weighted by atomic mass is 10.1. The Balaban J connectivity index is 1.57. The quantitative estimate of drug-likeness (QED) is 0.699. The standard InChI is InChI=1S/C22H27ClN2O3/c1-4-27-20-10-16-9-14(2)28-21(16)11-17(20)12-25-22(26)13-24-15(3)18-7-5-6-8-19(18)23/h5-8,10-11,14-15,24H,4,9,12-13H2,1-3H3,(H,25,26)/t14-,15+/m1/s1. The van der Waals surface area contributed by atoms with Crippen molar-refractivity contribution in [2.75, 3.05) is 13.2 Å². The lowest BCUT2D eigenvalue weighted by molar-refractivity contribution is -0.120. The summed E-state index contributed by atoms with van der Waals surface area (Å²) >= 11 is 6.21. The number of carbonyl (C=O) groups excluding carboxylic acids is 1. The highest BCUT2D eigenvalue weighted by molar-refractivity contribution is 6.31. The molecule has 150 valence electrons. The molecule has 0 radical (unpaired) electrons. The Bertz CT molecular complexity index is 841. The molecule has 0 unspecified atom stereocenters. The molecule has 0 bridgehead atoms. The van der Waals surface area contributed by atoms with Crippen molar-refractivity contribution < 1.29 is 14.3 Å². The minimum atomic E-state index is -0.0869. The average Bonchev–Trinajstić information content (AvgIpc) is 3.03. The second-order valence-corrected chi connectivity index (χ2v) is 7.44. The van der Waals surface area contributed by atoms with Gasteiger partial charge in [0.25, 0.3) is 0 Å². The van der Waals surface area contributed by atoms with Gasteiger partial charge in [0.05, 0.1) is 13.2 Å². The van der Waals surface area contributed by atoms with Crippen LogP contribution in [0.2, 0.25) is 5.02 Å². The Morgan fingerprint density at radius 2 is 2.14 bits per heavy atom. The highest BCUT2D eigenvalue weighted by Crippen LogP contribution is 2.35. The summed E-state index contributed by atoms with van der Waals surface area (Å²) in [4.78, 5) is 12.3. The van der Waals surface area contributed by atoms with Crippen LogP contribution in [0.15, 0.2) is 36.4 Å². The van der Waals surface area contributed by atoms with Gasteiger partial charge < -0.3 is 20.1 Å². The number of nitrogens with one attached hydrogen (secondary N) is 2. The maximum Gasteiger partial charge on any atom is 0.234 e. The first-order chi connectivity index (χ1) is 13.5. The van der Waals surface area contributed by atoms with Crippen LogP contribution in [0.4, 0.5) is 0 Å². The number of fused-ring (bicyclic) bond motifs is 1. The van der Waals surface area contributed by atoms with Crippen molar-refractivity contribution in [3.8, 4) is 11.5 Å². The summed E-state index contributed by atoms with van der Waals surface area (Å²) in [6.45, 7) is 7.16. The molecule has 2 aromatic carbocycles. The van der Waals surface area contributed by atoms with Crippen LogP contribution < -0.4 is 20.1 Å². The van der Waals surface area contributed by atoms with Crippen LogP contribution in [0, 0.1) is 0 Å². The van der Waals surface area contributed by atoms with E-state index in [9.17, 15) is 4.79 Å². The molecule has 2 atom stereocenters. The largest absolute Gasteiger partial charge is 0.494 e. The molecule has 1 aliphatic rings. The number of amides is 1. The third-order valence-corrected chi connectivity index (χ3v) is 5.14. The molecule has 6 heteroatoms. The fourth-order valence-electron chi connectivity index (χ4n) is 3.35. The molecule has 0 spiro atoms. The van der Waals surface area contributed by atoms with Crippen molar-refractivity contribution in [1.82, 2.24) is 10.6 Å². The van der Waals surface area contributed by atoms with Crippen molar-refractivity contribution in [3.05, 3.63) is 58.1 Å². The second kappa shape index (κ2) is 9.30. The Labute approximate surface area is 171 Å². The number of benzene rings is 2. The van der Waals surface area contributed by atoms with E-state index in [1.165, 1.54) is 0 Å². The Morgan fingerprint density at radius 3 is 2.89 bits per heavy atom. The Morgan fingerprint density at radius 1 is 1.36 bits per heavy atom. The molecule has 1 aliphatic heterocycles. The third kappa shape index (κ3) is 4.97. The van der Waals surface area contributed by atoms with Crippen LogP contribution in [0.25, 0.3) is 0 Å². The van der Waals surface area contributed by atoms with Crippen molar-refractivity contribution in [2.24, 2.45) is 0 Å². The molecule has 0 aliphatic carbocycles. The summed E-state index contributed by atoms with van der Waals surface area (Å²) in [5.74, 6) is 1.60. The van der Waals surface area contributed by atoms with Gasteiger partial charge in [-0.05, 0) is 44.5 Å². The fraction of sp³-hybridized carbons (Fsp3) is 0.409. The van der Waals surface area contributed by atoms with Crippen molar-refractivity contribution >= 4 is 17.5 Å². The molecule has 3 rings (SSSR count). The van der Waals surface area contributed by atoms with E-state index in [1.54, 1.807) is 0 Å². The normalized spacial score (nSPS) is 16.2. The van der Waals surface area contributed by atoms with Crippen molar-refractivity contribution in [2.45, 2.75) is 45.9 Å². The number of hydrogen-bond donors (Lipinski definition) is 2. The predicted molar refractivity (Wildman–Crippen MR) is 111 cm³/mol. The minimum absolute atomic E-state index is 0.0201. The van der Waals surface area contributed by atoms with E-state index < -0.39 is 0 Å². The summed E-state index contributed by atoms with van der Waals surface area (Å²) in [7, 11) is 0. The summed E-state index contributed by atoms with van der Waals surface area (Å²) in [5, 5.41) is 6.85. The van der Waals surface area contributed by atoms with E-state index in [4.69, 9.17) is 21.1 Å². The van der Waals surface area contributed by atoms with Gasteiger partial charge in [0.15, 0.2) is 0 Å². The zero-order valence-corrected chi connectivity index (χ0v) is 17.3. The summed E-state index contributed by atoms with van der Waals surface area (Å²) in [6.07, 6.45) is 1.05. The number of rotatable bonds is 8. The third-order valence-electron chi connectivity index (χ3n) is 4.80. The Hall–Kier alpha value is -2.24. The SMILES string of the molecule is CCOc1cc2c(cc1CNC(=O)CN[C@@H](C)c1ccccc1Cl)O[C@H](C)C2. The summed E-state index contributed by atoms with van der Waals surface area (Å²) < 4.78 is 11.6. The van der Waals surface area contributed by atoms with E-state index in [1.807, 2.05) is 57.2 Å². The highest BCUT2D eigenvalue weighted by atomic mass is 35.5. The molecular formula is C22H27ClN2O3. The zero-order chi connectivity index (χ0) is 20.1. The number of carbonyl (C=O) groups is 1. The van der Waals surface area contributed by atoms with E-state index >= 15 is 0 Å². The minimum Gasteiger partial charge on any atom is -0.494 e. The van der Waals surface area contributed by atoms with E-state index in [-0.39, 0.29) is 24.6 Å². The van der Waals surface area contributed by atoms with Gasteiger partial charge in [0.2, 0.25) is 5.91 Å². The lowest BCUT2D eigenvalue weighted by Crippen LogP contribution is -2.34. The molecule has 2 aromatic rings. The summed E-state index contributed by atoms with van der Waals surface area (Å²) in [5.41, 5.74) is 3.05. The molecule has 5 nitrogen and oxygen atoms in total. The Kier molecular flexibility index (Phi) is 6.81. The number of halogens is 1. The monoisotopic (exact) mass is 402 g/mol. The number of ether oxygens (including phenoxy) is 2. The maximum atomic E-state index is 12.3. The second-order valence-electron chi connectivity index (χ2n) is 7.03. The van der Waals surface area contributed by atoms with Gasteiger partial charge in [-0.3, -0.25) is 4.79 Å². The van der Waals surface area contributed by atoms with E-state index in [0.717, 1.165) is 34.6 Å². The van der Waals surface area contributed by atoms with Gasteiger partial charge in [-0.15, -0.1) is 0 Å². The van der Waals surface area contributed by atoms with Gasteiger partial charge in [-0.1, -0.05) is 29.8 Å². The van der Waals surface area contributed by atoms with Crippen LogP contribution >= 0.6 is 11.6 Å². The first-order valence-electron chi connectivity index (χ1n) is 9.67. The zero-order valence-electron chi connectivity index (χ0n) is 16.5. The van der Waals surface area contributed by atoms with Gasteiger partial charge in [0, 0.05) is 35.2 Å². The molecular weight excluding hydrogens is 376 g/mol. The van der Waals surface area contributed by atoms with Gasteiger partial charge >= 0.3 is 0 Å². The first kappa shape index (κ1) is 20.5. The van der Waals surface area contributed by atoms with Crippen molar-refractivity contribution in [3.63, 3.8) is 0 Å². The average molecular weight is 403 g/mol. The molecule has 1 amide bonds. The van der Waals surface area contributed by atoms with Gasteiger partial charge in [-0.2, -0.15) is 0 Å². The highest BCUT2D eigenvalue weighted by Gasteiger charge is 2.22. The van der Waals surface area contributed by atoms with Crippen LogP contribution in [0.1, 0.15) is 43.5 Å². The smallest absolute Gasteiger partial charge is 0.234 e. The lowest BCUT2D eigenvalue weighted by Gasteiger charge is -2.16. The van der Waals surface area contributed by atoms with E-state index in [2.05, 4.69) is 10.6 Å². The molecule has 0 fully saturated rings. The van der Waals surface area contributed by atoms with Gasteiger partial charge in [0.1, 0.15) is 17.6 Å². The van der Waals surface area contributed by atoms with E-state index in [0.29, 0.717) is 18.2 Å². The molecule has 28 heavy (non-hydrogen) atoms. The number of hydrogen-bond acceptors (Lipinski definition) is 4. The topological polar surface area (TPSA) is 59.6 Å². The molecule has 1 heterocycles.